The highest BCUT2D eigenvalue weighted by atomic mass is 16.6. The van der Waals surface area contributed by atoms with E-state index in [0.717, 1.165) is 23.3 Å². The third-order valence-corrected chi connectivity index (χ3v) is 5.75. The van der Waals surface area contributed by atoms with Gasteiger partial charge in [0.05, 0.1) is 53.9 Å². The van der Waals surface area contributed by atoms with E-state index in [1.54, 1.807) is 20.3 Å². The Kier molecular flexibility index (Phi) is 7.07. The van der Waals surface area contributed by atoms with Crippen LogP contribution in [-0.4, -0.2) is 77.3 Å². The first kappa shape index (κ1) is 23.2. The van der Waals surface area contributed by atoms with Crippen molar-refractivity contribution in [3.63, 3.8) is 0 Å². The summed E-state index contributed by atoms with van der Waals surface area (Å²) in [4.78, 5) is 0. The standard InChI is InChI=1S/C25H30O9/c1-27-22-5-15(7-26)3-20(24(22)33-13-18-11-31-18)21-4-16(8-29-9-17-10-30-17)6-23(28-2)25(21)34-14-19-12-32-19/h3-6,17-19,26H,7-14H2,1-2H3. The maximum Gasteiger partial charge on any atom is 0.169 e. The summed E-state index contributed by atoms with van der Waals surface area (Å²) < 4.78 is 45.4. The molecule has 3 heterocycles. The number of hydrogen-bond donors (Lipinski definition) is 1. The zero-order chi connectivity index (χ0) is 23.5. The van der Waals surface area contributed by atoms with Gasteiger partial charge in [-0.15, -0.1) is 0 Å². The van der Waals surface area contributed by atoms with E-state index in [1.165, 1.54) is 0 Å². The monoisotopic (exact) mass is 474 g/mol. The largest absolute Gasteiger partial charge is 0.493 e. The Labute approximate surface area is 198 Å². The molecule has 0 aliphatic carbocycles. The number of ether oxygens (including phenoxy) is 8. The minimum absolute atomic E-state index is 0.0664. The first-order valence-electron chi connectivity index (χ1n) is 11.4. The van der Waals surface area contributed by atoms with Gasteiger partial charge in [0.1, 0.15) is 31.5 Å². The summed E-state index contributed by atoms with van der Waals surface area (Å²) in [6, 6.07) is 7.55. The van der Waals surface area contributed by atoms with Crippen molar-refractivity contribution in [2.24, 2.45) is 0 Å². The highest BCUT2D eigenvalue weighted by Crippen LogP contribution is 2.47. The van der Waals surface area contributed by atoms with Gasteiger partial charge in [-0.05, 0) is 35.4 Å². The van der Waals surface area contributed by atoms with Crippen molar-refractivity contribution in [3.05, 3.63) is 35.4 Å². The smallest absolute Gasteiger partial charge is 0.169 e. The third-order valence-electron chi connectivity index (χ3n) is 5.75. The van der Waals surface area contributed by atoms with Crippen molar-refractivity contribution in [2.75, 3.05) is 53.9 Å². The molecular weight excluding hydrogens is 444 g/mol. The zero-order valence-electron chi connectivity index (χ0n) is 19.4. The van der Waals surface area contributed by atoms with Crippen molar-refractivity contribution in [3.8, 4) is 34.1 Å². The molecule has 184 valence electrons. The van der Waals surface area contributed by atoms with E-state index < -0.39 is 0 Å². The Balaban J connectivity index is 1.56. The molecule has 3 aliphatic heterocycles. The molecule has 2 aromatic carbocycles. The summed E-state index contributed by atoms with van der Waals surface area (Å²) in [5.41, 5.74) is 3.07. The van der Waals surface area contributed by atoms with Gasteiger partial charge in [-0.25, -0.2) is 0 Å². The molecule has 9 nitrogen and oxygen atoms in total. The van der Waals surface area contributed by atoms with Gasteiger partial charge in [-0.1, -0.05) is 0 Å². The first-order valence-corrected chi connectivity index (χ1v) is 11.4. The number of epoxide rings is 3. The molecule has 34 heavy (non-hydrogen) atoms. The van der Waals surface area contributed by atoms with Crippen LogP contribution in [0.4, 0.5) is 0 Å². The average molecular weight is 475 g/mol. The van der Waals surface area contributed by atoms with Gasteiger partial charge < -0.3 is 43.0 Å². The first-order chi connectivity index (χ1) is 16.7. The lowest BCUT2D eigenvalue weighted by molar-refractivity contribution is 0.104. The molecule has 3 atom stereocenters. The molecule has 0 saturated carbocycles. The van der Waals surface area contributed by atoms with Crippen LogP contribution in [0.3, 0.4) is 0 Å². The number of rotatable bonds is 14. The SMILES string of the molecule is COc1cc(CO)cc(-c2cc(COCC3CO3)cc(OC)c2OCC2CO2)c1OCC1CO1. The van der Waals surface area contributed by atoms with E-state index in [0.29, 0.717) is 68.2 Å². The van der Waals surface area contributed by atoms with Crippen LogP contribution >= 0.6 is 0 Å². The fourth-order valence-electron chi connectivity index (χ4n) is 3.65. The molecule has 3 unspecified atom stereocenters. The van der Waals surface area contributed by atoms with E-state index in [-0.39, 0.29) is 24.9 Å². The molecule has 3 aliphatic rings. The maximum absolute atomic E-state index is 9.91. The number of aliphatic hydroxyl groups is 1. The lowest BCUT2D eigenvalue weighted by Crippen LogP contribution is -2.09. The molecule has 3 fully saturated rings. The molecular formula is C25H30O9. The summed E-state index contributed by atoms with van der Waals surface area (Å²) in [5.74, 6) is 2.21. The Bertz CT molecular complexity index is 996. The molecule has 0 aromatic heterocycles. The minimum atomic E-state index is -0.150. The molecule has 0 spiro atoms. The van der Waals surface area contributed by atoms with Gasteiger partial charge in [-0.2, -0.15) is 0 Å². The van der Waals surface area contributed by atoms with Gasteiger partial charge in [0.25, 0.3) is 0 Å². The van der Waals surface area contributed by atoms with Crippen LogP contribution in [0.15, 0.2) is 24.3 Å². The van der Waals surface area contributed by atoms with E-state index in [1.807, 2.05) is 18.2 Å². The van der Waals surface area contributed by atoms with E-state index in [4.69, 9.17) is 37.9 Å². The van der Waals surface area contributed by atoms with Gasteiger partial charge in [0, 0.05) is 11.1 Å². The Morgan fingerprint density at radius 3 is 1.68 bits per heavy atom. The predicted octanol–water partition coefficient (Wildman–Crippen LogP) is 2.33. The van der Waals surface area contributed by atoms with Gasteiger partial charge in [-0.3, -0.25) is 0 Å². The lowest BCUT2D eigenvalue weighted by Gasteiger charge is -2.21. The molecule has 2 aromatic rings. The molecule has 0 radical (unpaired) electrons. The van der Waals surface area contributed by atoms with E-state index in [9.17, 15) is 5.11 Å². The van der Waals surface area contributed by atoms with Crippen LogP contribution < -0.4 is 18.9 Å². The molecule has 3 saturated heterocycles. The highest BCUT2D eigenvalue weighted by molar-refractivity contribution is 5.82. The van der Waals surface area contributed by atoms with Crippen molar-refractivity contribution >= 4 is 0 Å². The van der Waals surface area contributed by atoms with E-state index >= 15 is 0 Å². The Morgan fingerprint density at radius 1 is 0.735 bits per heavy atom. The van der Waals surface area contributed by atoms with E-state index in [2.05, 4.69) is 0 Å². The summed E-state index contributed by atoms with van der Waals surface area (Å²) in [7, 11) is 3.18. The third kappa shape index (κ3) is 5.73. The second kappa shape index (κ2) is 10.4. The second-order valence-corrected chi connectivity index (χ2v) is 8.51. The van der Waals surface area contributed by atoms with Gasteiger partial charge >= 0.3 is 0 Å². The van der Waals surface area contributed by atoms with Crippen LogP contribution in [0.2, 0.25) is 0 Å². The van der Waals surface area contributed by atoms with Crippen LogP contribution in [0.1, 0.15) is 11.1 Å². The highest BCUT2D eigenvalue weighted by Gasteiger charge is 2.29. The fourth-order valence-corrected chi connectivity index (χ4v) is 3.65. The normalized spacial score (nSPS) is 22.3. The Hall–Kier alpha value is -2.56. The molecule has 9 heteroatoms. The maximum atomic E-state index is 9.91. The topological polar surface area (TPSA) is 104 Å². The molecule has 0 amide bonds. The second-order valence-electron chi connectivity index (χ2n) is 8.51. The van der Waals surface area contributed by atoms with Crippen LogP contribution in [0, 0.1) is 0 Å². The zero-order valence-corrected chi connectivity index (χ0v) is 19.4. The van der Waals surface area contributed by atoms with Crippen LogP contribution in [0.25, 0.3) is 11.1 Å². The van der Waals surface area contributed by atoms with Crippen molar-refractivity contribution < 1.29 is 43.0 Å². The van der Waals surface area contributed by atoms with Crippen molar-refractivity contribution in [1.29, 1.82) is 0 Å². The molecule has 5 rings (SSSR count). The molecule has 0 bridgehead atoms. The van der Waals surface area contributed by atoms with Gasteiger partial charge in [0.15, 0.2) is 23.0 Å². The van der Waals surface area contributed by atoms with Crippen molar-refractivity contribution in [2.45, 2.75) is 31.5 Å². The summed E-state index contributed by atoms with van der Waals surface area (Å²) in [6.45, 7) is 3.67. The average Bonchev–Trinajstić information content (AvgIpc) is 3.70. The quantitative estimate of drug-likeness (QED) is 0.413. The number of methoxy groups -OCH3 is 2. The fraction of sp³-hybridized carbons (Fsp3) is 0.520. The summed E-state index contributed by atoms with van der Waals surface area (Å²) in [6.07, 6.45) is 0.314. The van der Waals surface area contributed by atoms with Crippen LogP contribution in [0.5, 0.6) is 23.0 Å². The predicted molar refractivity (Wildman–Crippen MR) is 121 cm³/mol. The lowest BCUT2D eigenvalue weighted by atomic mass is 9.97. The summed E-state index contributed by atoms with van der Waals surface area (Å²) >= 11 is 0. The van der Waals surface area contributed by atoms with Gasteiger partial charge in [0.2, 0.25) is 0 Å². The minimum Gasteiger partial charge on any atom is -0.493 e. The molecule has 1 N–H and O–H groups in total. The summed E-state index contributed by atoms with van der Waals surface area (Å²) in [5, 5.41) is 9.91. The van der Waals surface area contributed by atoms with Crippen LogP contribution in [-0.2, 0) is 32.2 Å². The van der Waals surface area contributed by atoms with Crippen molar-refractivity contribution in [1.82, 2.24) is 0 Å². The number of aliphatic hydroxyl groups excluding tert-OH is 1. The Morgan fingerprint density at radius 2 is 1.21 bits per heavy atom. The number of hydrogen-bond acceptors (Lipinski definition) is 9. The number of benzene rings is 2.